The third-order valence-electron chi connectivity index (χ3n) is 1.77. The van der Waals surface area contributed by atoms with Crippen LogP contribution in [0.15, 0.2) is 17.1 Å². The molecule has 0 heterocycles. The Labute approximate surface area is 91.1 Å². The minimum Gasteiger partial charge on any atom is -0.308 e. The van der Waals surface area contributed by atoms with Crippen LogP contribution in [0, 0.1) is 17.5 Å². The summed E-state index contributed by atoms with van der Waals surface area (Å²) in [4.78, 5) is 3.90. The molecule has 1 rings (SSSR count). The molecule has 16 heavy (non-hydrogen) atoms. The number of nitrogens with two attached hydrogens (primary N) is 1. The van der Waals surface area contributed by atoms with Gasteiger partial charge in [0.05, 0.1) is 5.56 Å². The summed E-state index contributed by atoms with van der Waals surface area (Å²) in [5.74, 6) is 1.89. The van der Waals surface area contributed by atoms with Crippen molar-refractivity contribution in [3.63, 3.8) is 0 Å². The first kappa shape index (κ1) is 12.5. The van der Waals surface area contributed by atoms with Crippen molar-refractivity contribution in [1.29, 1.82) is 0 Å². The zero-order valence-electron chi connectivity index (χ0n) is 8.89. The molecule has 0 aliphatic heterocycles. The van der Waals surface area contributed by atoms with E-state index in [1.54, 1.807) is 13.8 Å². The Morgan fingerprint density at radius 2 is 1.75 bits per heavy atom. The number of amidine groups is 1. The summed E-state index contributed by atoms with van der Waals surface area (Å²) in [5, 5.41) is 0. The van der Waals surface area contributed by atoms with Crippen LogP contribution in [0.4, 0.5) is 13.2 Å². The van der Waals surface area contributed by atoms with Crippen LogP contribution < -0.4 is 11.3 Å². The fourth-order valence-electron chi connectivity index (χ4n) is 1.20. The van der Waals surface area contributed by atoms with Crippen molar-refractivity contribution in [3.8, 4) is 0 Å². The van der Waals surface area contributed by atoms with Gasteiger partial charge >= 0.3 is 0 Å². The number of nitrogens with one attached hydrogen (secondary N) is 1. The zero-order chi connectivity index (χ0) is 12.3. The first-order valence-corrected chi connectivity index (χ1v) is 4.65. The second-order valence-corrected chi connectivity index (χ2v) is 3.46. The molecule has 0 saturated heterocycles. The molecule has 1 aromatic rings. The second-order valence-electron chi connectivity index (χ2n) is 3.46. The number of rotatable bonds is 2. The van der Waals surface area contributed by atoms with Gasteiger partial charge in [-0.1, -0.05) is 0 Å². The molecule has 0 aliphatic rings. The number of hydrogen-bond acceptors (Lipinski definition) is 2. The van der Waals surface area contributed by atoms with Gasteiger partial charge in [0.2, 0.25) is 0 Å². The number of benzene rings is 1. The predicted octanol–water partition coefficient (Wildman–Crippen LogP) is 1.72. The maximum atomic E-state index is 13.3. The molecule has 0 bridgehead atoms. The maximum absolute atomic E-state index is 13.3. The van der Waals surface area contributed by atoms with Gasteiger partial charge in [0, 0.05) is 18.2 Å². The number of nitrogens with zero attached hydrogens (tertiary/aromatic N) is 1. The van der Waals surface area contributed by atoms with E-state index in [1.165, 1.54) is 0 Å². The summed E-state index contributed by atoms with van der Waals surface area (Å²) in [5.41, 5.74) is 1.64. The summed E-state index contributed by atoms with van der Waals surface area (Å²) >= 11 is 0. The van der Waals surface area contributed by atoms with Crippen molar-refractivity contribution in [1.82, 2.24) is 5.43 Å². The van der Waals surface area contributed by atoms with E-state index in [0.717, 1.165) is 0 Å². The lowest BCUT2D eigenvalue weighted by atomic mass is 10.1. The Kier molecular flexibility index (Phi) is 3.89. The molecule has 1 aromatic carbocycles. The molecule has 0 radical (unpaired) electrons. The molecule has 0 amide bonds. The van der Waals surface area contributed by atoms with Gasteiger partial charge in [-0.15, -0.1) is 0 Å². The Balaban J connectivity index is 3.31. The molecular formula is C10H12F3N3. The SMILES string of the molecule is CC(C)N=C(NN)c1c(F)cc(F)cc1F. The normalized spacial score (nSPS) is 12.1. The van der Waals surface area contributed by atoms with Crippen molar-refractivity contribution >= 4 is 5.84 Å². The van der Waals surface area contributed by atoms with E-state index in [1.807, 2.05) is 0 Å². The minimum atomic E-state index is -1.05. The van der Waals surface area contributed by atoms with Crippen molar-refractivity contribution in [2.24, 2.45) is 10.8 Å². The zero-order valence-corrected chi connectivity index (χ0v) is 8.89. The first-order chi connectivity index (χ1) is 7.45. The van der Waals surface area contributed by atoms with E-state index < -0.39 is 23.0 Å². The molecule has 88 valence electrons. The van der Waals surface area contributed by atoms with Gasteiger partial charge in [0.25, 0.3) is 0 Å². The van der Waals surface area contributed by atoms with Gasteiger partial charge in [-0.2, -0.15) is 0 Å². The van der Waals surface area contributed by atoms with E-state index in [-0.39, 0.29) is 11.9 Å². The molecule has 0 aromatic heterocycles. The van der Waals surface area contributed by atoms with Crippen LogP contribution >= 0.6 is 0 Å². The van der Waals surface area contributed by atoms with Crippen LogP contribution in [-0.4, -0.2) is 11.9 Å². The average molecular weight is 231 g/mol. The van der Waals surface area contributed by atoms with Crippen LogP contribution in [0.2, 0.25) is 0 Å². The highest BCUT2D eigenvalue weighted by Crippen LogP contribution is 2.15. The van der Waals surface area contributed by atoms with Crippen molar-refractivity contribution in [2.75, 3.05) is 0 Å². The van der Waals surface area contributed by atoms with Gasteiger partial charge < -0.3 is 5.43 Å². The number of halogens is 3. The van der Waals surface area contributed by atoms with Gasteiger partial charge in [-0.05, 0) is 13.8 Å². The fourth-order valence-corrected chi connectivity index (χ4v) is 1.20. The Bertz CT molecular complexity index is 393. The van der Waals surface area contributed by atoms with Gasteiger partial charge in [0.1, 0.15) is 23.3 Å². The van der Waals surface area contributed by atoms with Crippen molar-refractivity contribution < 1.29 is 13.2 Å². The van der Waals surface area contributed by atoms with Crippen LogP contribution in [0.3, 0.4) is 0 Å². The van der Waals surface area contributed by atoms with Gasteiger partial charge in [0.15, 0.2) is 0 Å². The molecule has 0 atom stereocenters. The molecule has 0 spiro atoms. The summed E-state index contributed by atoms with van der Waals surface area (Å²) < 4.78 is 39.4. The predicted molar refractivity (Wildman–Crippen MR) is 55.3 cm³/mol. The quantitative estimate of drug-likeness (QED) is 0.352. The van der Waals surface area contributed by atoms with Gasteiger partial charge in [-0.25, -0.2) is 19.0 Å². The lowest BCUT2D eigenvalue weighted by molar-refractivity contribution is 0.539. The summed E-state index contributed by atoms with van der Waals surface area (Å²) in [6.07, 6.45) is 0. The Morgan fingerprint density at radius 3 is 2.12 bits per heavy atom. The van der Waals surface area contributed by atoms with Crippen LogP contribution in [0.5, 0.6) is 0 Å². The van der Waals surface area contributed by atoms with Crippen LogP contribution in [-0.2, 0) is 0 Å². The molecule has 0 fully saturated rings. The maximum Gasteiger partial charge on any atom is 0.148 e. The highest BCUT2D eigenvalue weighted by atomic mass is 19.1. The third-order valence-corrected chi connectivity index (χ3v) is 1.77. The molecule has 0 aliphatic carbocycles. The molecule has 0 saturated carbocycles. The highest BCUT2D eigenvalue weighted by molar-refractivity contribution is 5.98. The van der Waals surface area contributed by atoms with E-state index in [9.17, 15) is 13.2 Å². The third kappa shape index (κ3) is 2.73. The van der Waals surface area contributed by atoms with E-state index >= 15 is 0 Å². The Morgan fingerprint density at radius 1 is 1.25 bits per heavy atom. The molecule has 3 nitrogen and oxygen atoms in total. The molecule has 0 unspecified atom stereocenters. The smallest absolute Gasteiger partial charge is 0.148 e. The second kappa shape index (κ2) is 4.98. The minimum absolute atomic E-state index is 0.148. The summed E-state index contributed by atoms with van der Waals surface area (Å²) in [7, 11) is 0. The molecule has 6 heteroatoms. The highest BCUT2D eigenvalue weighted by Gasteiger charge is 2.16. The molecular weight excluding hydrogens is 219 g/mol. The van der Waals surface area contributed by atoms with Crippen molar-refractivity contribution in [3.05, 3.63) is 35.1 Å². The first-order valence-electron chi connectivity index (χ1n) is 4.65. The fraction of sp³-hybridized carbons (Fsp3) is 0.300. The average Bonchev–Trinajstić information content (AvgIpc) is 2.13. The van der Waals surface area contributed by atoms with E-state index in [2.05, 4.69) is 10.4 Å². The van der Waals surface area contributed by atoms with E-state index in [0.29, 0.717) is 12.1 Å². The topological polar surface area (TPSA) is 50.4 Å². The summed E-state index contributed by atoms with van der Waals surface area (Å²) in [6, 6.07) is 0.951. The van der Waals surface area contributed by atoms with Crippen LogP contribution in [0.1, 0.15) is 19.4 Å². The monoisotopic (exact) mass is 231 g/mol. The number of hydrazine groups is 1. The Hall–Kier alpha value is -1.56. The largest absolute Gasteiger partial charge is 0.308 e. The standard InChI is InChI=1S/C10H12F3N3/c1-5(2)15-10(16-14)9-7(12)3-6(11)4-8(9)13/h3-5H,14H2,1-2H3,(H,15,16). The lowest BCUT2D eigenvalue weighted by Gasteiger charge is -2.09. The lowest BCUT2D eigenvalue weighted by Crippen LogP contribution is -2.33. The number of hydrogen-bond donors (Lipinski definition) is 2. The molecule has 3 N–H and O–H groups in total. The summed E-state index contributed by atoms with van der Waals surface area (Å²) in [6.45, 7) is 3.44. The van der Waals surface area contributed by atoms with Crippen LogP contribution in [0.25, 0.3) is 0 Å². The number of aliphatic imine (C=N–C) groups is 1. The van der Waals surface area contributed by atoms with E-state index in [4.69, 9.17) is 5.84 Å². The van der Waals surface area contributed by atoms with Gasteiger partial charge in [-0.3, -0.25) is 4.99 Å². The van der Waals surface area contributed by atoms with Crippen molar-refractivity contribution in [2.45, 2.75) is 19.9 Å².